The van der Waals surface area contributed by atoms with Crippen molar-refractivity contribution in [1.82, 2.24) is 9.62 Å². The Morgan fingerprint density at radius 2 is 1.68 bits per heavy atom. The predicted octanol–water partition coefficient (Wildman–Crippen LogP) is 5.01. The molecule has 0 heterocycles. The fourth-order valence-electron chi connectivity index (χ4n) is 6.24. The number of benzene rings is 2. The number of nitrogens with zero attached hydrogens (tertiary/aromatic N) is 1. The second-order valence-corrected chi connectivity index (χ2v) is 13.6. The van der Waals surface area contributed by atoms with E-state index < -0.39 is 28.3 Å². The van der Waals surface area contributed by atoms with Crippen LogP contribution in [0.5, 0.6) is 5.75 Å². The van der Waals surface area contributed by atoms with E-state index in [4.69, 9.17) is 9.47 Å². The largest absolute Gasteiger partial charge is 0.497 e. The van der Waals surface area contributed by atoms with Crippen molar-refractivity contribution in [3.05, 3.63) is 60.2 Å². The number of carbonyl (C=O) groups excluding carboxylic acids is 1. The average Bonchev–Trinajstić information content (AvgIpc) is 3.43. The van der Waals surface area contributed by atoms with Crippen LogP contribution in [0, 0.1) is 17.8 Å². The summed E-state index contributed by atoms with van der Waals surface area (Å²) in [6.45, 7) is 3.92. The first-order valence-electron chi connectivity index (χ1n) is 14.5. The van der Waals surface area contributed by atoms with Crippen molar-refractivity contribution in [2.45, 2.75) is 81.9 Å². The highest BCUT2D eigenvalue weighted by Gasteiger charge is 2.39. The van der Waals surface area contributed by atoms with E-state index in [9.17, 15) is 18.3 Å². The van der Waals surface area contributed by atoms with Crippen LogP contribution in [0.1, 0.15) is 57.9 Å². The Balaban J connectivity index is 1.51. The van der Waals surface area contributed by atoms with Crippen molar-refractivity contribution in [2.24, 2.45) is 17.8 Å². The van der Waals surface area contributed by atoms with Gasteiger partial charge in [0.1, 0.15) is 11.9 Å². The lowest BCUT2D eigenvalue weighted by molar-refractivity contribution is 0.0156. The molecule has 2 aromatic carbocycles. The van der Waals surface area contributed by atoms with E-state index in [1.807, 2.05) is 44.2 Å². The second kappa shape index (κ2) is 13.8. The molecule has 1 amide bonds. The zero-order valence-electron chi connectivity index (χ0n) is 23.9. The van der Waals surface area contributed by atoms with Crippen LogP contribution in [0.15, 0.2) is 59.5 Å². The van der Waals surface area contributed by atoms with Crippen LogP contribution in [-0.4, -0.2) is 62.4 Å². The van der Waals surface area contributed by atoms with Crippen molar-refractivity contribution in [3.63, 3.8) is 0 Å². The van der Waals surface area contributed by atoms with Gasteiger partial charge in [-0.1, -0.05) is 57.0 Å². The minimum atomic E-state index is -3.91. The predicted molar refractivity (Wildman–Crippen MR) is 155 cm³/mol. The maximum absolute atomic E-state index is 13.6. The smallest absolute Gasteiger partial charge is 0.407 e. The third kappa shape index (κ3) is 7.77. The maximum atomic E-state index is 13.6. The Labute approximate surface area is 239 Å². The zero-order chi connectivity index (χ0) is 28.7. The van der Waals surface area contributed by atoms with Gasteiger partial charge in [0.15, 0.2) is 0 Å². The summed E-state index contributed by atoms with van der Waals surface area (Å²) < 4.78 is 39.7. The molecule has 0 bridgehead atoms. The van der Waals surface area contributed by atoms with E-state index in [0.717, 1.165) is 24.8 Å². The molecule has 2 saturated carbocycles. The molecule has 0 spiro atoms. The number of fused-ring (bicyclic) bond motifs is 1. The van der Waals surface area contributed by atoms with Crippen molar-refractivity contribution >= 4 is 16.1 Å². The topological polar surface area (TPSA) is 105 Å². The molecule has 0 aromatic heterocycles. The molecule has 220 valence electrons. The monoisotopic (exact) mass is 572 g/mol. The highest BCUT2D eigenvalue weighted by atomic mass is 32.2. The van der Waals surface area contributed by atoms with E-state index in [2.05, 4.69) is 5.32 Å². The van der Waals surface area contributed by atoms with Crippen LogP contribution in [0.3, 0.4) is 0 Å². The number of sulfonamides is 1. The number of ether oxygens (including phenoxy) is 2. The number of aliphatic hydroxyl groups is 1. The van der Waals surface area contributed by atoms with Crippen molar-refractivity contribution < 1.29 is 27.8 Å². The van der Waals surface area contributed by atoms with Gasteiger partial charge in [-0.15, -0.1) is 0 Å². The quantitative estimate of drug-likeness (QED) is 0.371. The first kappa shape index (κ1) is 30.3. The van der Waals surface area contributed by atoms with Gasteiger partial charge in [0.25, 0.3) is 0 Å². The van der Waals surface area contributed by atoms with Gasteiger partial charge in [-0.2, -0.15) is 4.31 Å². The maximum Gasteiger partial charge on any atom is 0.407 e. The number of hydrogen-bond donors (Lipinski definition) is 2. The first-order chi connectivity index (χ1) is 19.2. The number of amides is 1. The molecule has 2 aromatic rings. The molecule has 2 aliphatic carbocycles. The van der Waals surface area contributed by atoms with E-state index in [1.165, 1.54) is 42.8 Å². The summed E-state index contributed by atoms with van der Waals surface area (Å²) in [4.78, 5) is 13.3. The van der Waals surface area contributed by atoms with Crippen molar-refractivity contribution in [2.75, 3.05) is 20.2 Å². The summed E-state index contributed by atoms with van der Waals surface area (Å²) in [6.07, 6.45) is 5.12. The van der Waals surface area contributed by atoms with Gasteiger partial charge in [0.05, 0.1) is 24.2 Å². The number of alkyl carbamates (subject to hydrolysis) is 1. The van der Waals surface area contributed by atoms with Gasteiger partial charge < -0.3 is 19.9 Å². The van der Waals surface area contributed by atoms with Gasteiger partial charge in [-0.25, -0.2) is 13.2 Å². The number of aliphatic hydroxyl groups excluding tert-OH is 1. The minimum Gasteiger partial charge on any atom is -0.497 e. The van der Waals surface area contributed by atoms with E-state index in [-0.39, 0.29) is 30.0 Å². The number of hydrogen-bond acceptors (Lipinski definition) is 6. The Morgan fingerprint density at radius 3 is 2.33 bits per heavy atom. The van der Waals surface area contributed by atoms with Crippen molar-refractivity contribution in [1.29, 1.82) is 0 Å². The van der Waals surface area contributed by atoms with Gasteiger partial charge in [-0.05, 0) is 79.7 Å². The fourth-order valence-corrected chi connectivity index (χ4v) is 7.86. The minimum absolute atomic E-state index is 0.0244. The Morgan fingerprint density at radius 1 is 1.00 bits per heavy atom. The molecular formula is C31H44N2O6S. The lowest BCUT2D eigenvalue weighted by Gasteiger charge is -2.34. The van der Waals surface area contributed by atoms with Gasteiger partial charge >= 0.3 is 6.09 Å². The number of rotatable bonds is 12. The summed E-state index contributed by atoms with van der Waals surface area (Å²) >= 11 is 0. The van der Waals surface area contributed by atoms with Gasteiger partial charge in [0, 0.05) is 13.1 Å². The molecular weight excluding hydrogens is 528 g/mol. The first-order valence-corrected chi connectivity index (χ1v) is 15.9. The summed E-state index contributed by atoms with van der Waals surface area (Å²) in [6, 6.07) is 15.0. The number of methoxy groups -OCH3 is 1. The standard InChI is InChI=1S/C31H44N2O6S/c1-22(2)20-33(40(36,37)26-17-15-25(38-3)16-18-26)21-29(34)28(19-23-9-5-4-6-10-23)32-31(35)39-30-14-8-12-24-11-7-13-27(24)30/h4-6,9-10,15-18,22,24,27-30,34H,7-8,11-14,19-21H2,1-3H3,(H,32,35)/t24-,27-,28+,29-,30+/m1/s1. The number of carbonyl (C=O) groups is 1. The molecule has 2 aliphatic rings. The number of nitrogens with one attached hydrogen (secondary N) is 1. The second-order valence-electron chi connectivity index (χ2n) is 11.6. The van der Waals surface area contributed by atoms with Gasteiger partial charge in [0.2, 0.25) is 10.0 Å². The van der Waals surface area contributed by atoms with Crippen LogP contribution in [-0.2, 0) is 21.2 Å². The van der Waals surface area contributed by atoms with E-state index in [1.54, 1.807) is 12.1 Å². The molecule has 5 atom stereocenters. The lowest BCUT2D eigenvalue weighted by Crippen LogP contribution is -2.52. The Hall–Kier alpha value is -2.62. The third-order valence-corrected chi connectivity index (χ3v) is 10.1. The lowest BCUT2D eigenvalue weighted by atomic mass is 9.79. The van der Waals surface area contributed by atoms with E-state index >= 15 is 0 Å². The summed E-state index contributed by atoms with van der Waals surface area (Å²) in [5, 5.41) is 14.4. The molecule has 8 nitrogen and oxygen atoms in total. The van der Waals surface area contributed by atoms with Gasteiger partial charge in [-0.3, -0.25) is 0 Å². The normalized spacial score (nSPS) is 22.5. The molecule has 0 aliphatic heterocycles. The summed E-state index contributed by atoms with van der Waals surface area (Å²) in [5.41, 5.74) is 0.925. The summed E-state index contributed by atoms with van der Waals surface area (Å²) in [7, 11) is -2.39. The molecule has 40 heavy (non-hydrogen) atoms. The highest BCUT2D eigenvalue weighted by Crippen LogP contribution is 2.43. The molecule has 0 unspecified atom stereocenters. The molecule has 4 rings (SSSR count). The molecule has 2 N–H and O–H groups in total. The van der Waals surface area contributed by atoms with Crippen LogP contribution in [0.4, 0.5) is 4.79 Å². The molecule has 9 heteroatoms. The van der Waals surface area contributed by atoms with Crippen LogP contribution >= 0.6 is 0 Å². The molecule has 0 radical (unpaired) electrons. The molecule has 0 saturated heterocycles. The van der Waals surface area contributed by atoms with Crippen LogP contribution < -0.4 is 10.1 Å². The third-order valence-electron chi connectivity index (χ3n) is 8.24. The summed E-state index contributed by atoms with van der Waals surface area (Å²) in [5.74, 6) is 1.62. The van der Waals surface area contributed by atoms with Crippen molar-refractivity contribution in [3.8, 4) is 5.75 Å². The molecule has 2 fully saturated rings. The van der Waals surface area contributed by atoms with E-state index in [0.29, 0.717) is 24.0 Å². The zero-order valence-corrected chi connectivity index (χ0v) is 24.7. The van der Waals surface area contributed by atoms with Crippen LogP contribution in [0.25, 0.3) is 0 Å². The highest BCUT2D eigenvalue weighted by molar-refractivity contribution is 7.89. The average molecular weight is 573 g/mol. The SMILES string of the molecule is COc1ccc(S(=O)(=O)N(CC(C)C)C[C@@H](O)[C@H](Cc2ccccc2)NC(=O)O[C@H]2CCC[C@H]3CCC[C@H]32)cc1. The fraction of sp³-hybridized carbons (Fsp3) is 0.581. The Bertz CT molecular complexity index is 1190. The Kier molecular flexibility index (Phi) is 10.5. The van der Waals surface area contributed by atoms with Crippen LogP contribution in [0.2, 0.25) is 0 Å².